The van der Waals surface area contributed by atoms with E-state index in [1.807, 2.05) is 22.9 Å². The number of carbonyl (C=O) groups excluding carboxylic acids is 1. The van der Waals surface area contributed by atoms with E-state index in [9.17, 15) is 4.79 Å². The predicted octanol–water partition coefficient (Wildman–Crippen LogP) is 1.51. The summed E-state index contributed by atoms with van der Waals surface area (Å²) in [6, 6.07) is 5.95. The molecule has 25 heavy (non-hydrogen) atoms. The van der Waals surface area contributed by atoms with Crippen LogP contribution in [0.2, 0.25) is 0 Å². The Morgan fingerprint density at radius 2 is 2.24 bits per heavy atom. The molecule has 1 aliphatic carbocycles. The van der Waals surface area contributed by atoms with Gasteiger partial charge in [0, 0.05) is 43.6 Å². The zero-order valence-electron chi connectivity index (χ0n) is 14.4. The maximum atomic E-state index is 12.7. The molecule has 0 radical (unpaired) electrons. The van der Waals surface area contributed by atoms with Gasteiger partial charge in [-0.05, 0) is 31.4 Å². The normalized spacial score (nSPS) is 20.6. The van der Waals surface area contributed by atoms with E-state index in [0.717, 1.165) is 30.6 Å². The molecule has 0 bridgehead atoms. The van der Waals surface area contributed by atoms with Gasteiger partial charge < -0.3 is 10.1 Å². The molecule has 2 aliphatic rings. The van der Waals surface area contributed by atoms with E-state index in [1.165, 1.54) is 6.42 Å². The molecule has 4 rings (SSSR count). The van der Waals surface area contributed by atoms with Gasteiger partial charge in [0.15, 0.2) is 0 Å². The molecule has 1 amide bonds. The van der Waals surface area contributed by atoms with Crippen LogP contribution in [0.1, 0.15) is 36.6 Å². The molecule has 0 spiro atoms. The van der Waals surface area contributed by atoms with Crippen molar-refractivity contribution < 1.29 is 9.53 Å². The number of hydrogen-bond donors (Lipinski definition) is 1. The highest BCUT2D eigenvalue weighted by Gasteiger charge is 2.33. The maximum Gasteiger partial charge on any atom is 0.246 e. The molecule has 1 saturated carbocycles. The van der Waals surface area contributed by atoms with Crippen LogP contribution in [0.5, 0.6) is 5.88 Å². The first-order chi connectivity index (χ1) is 12.2. The molecule has 1 aliphatic heterocycles. The third-order valence-electron chi connectivity index (χ3n) is 5.06. The Hall–Kier alpha value is -2.41. The topological polar surface area (TPSA) is 72.3 Å². The number of nitrogens with zero attached hydrogens (tertiary/aromatic N) is 4. The SMILES string of the molecule is COc1ncccc1CN1Cc2ccnn2C(C(=O)NC2CCC2)C1. The van der Waals surface area contributed by atoms with Gasteiger partial charge in [0.25, 0.3) is 0 Å². The second-order valence-electron chi connectivity index (χ2n) is 6.76. The average Bonchev–Trinajstić information content (AvgIpc) is 3.06. The van der Waals surface area contributed by atoms with E-state index in [1.54, 1.807) is 19.5 Å². The summed E-state index contributed by atoms with van der Waals surface area (Å²) >= 11 is 0. The van der Waals surface area contributed by atoms with Crippen molar-refractivity contribution in [2.75, 3.05) is 13.7 Å². The Kier molecular flexibility index (Phi) is 4.40. The number of rotatable bonds is 5. The fourth-order valence-electron chi connectivity index (χ4n) is 3.50. The number of ether oxygens (including phenoxy) is 1. The first kappa shape index (κ1) is 16.1. The highest BCUT2D eigenvalue weighted by molar-refractivity contribution is 5.81. The molecule has 7 nitrogen and oxygen atoms in total. The number of hydrogen-bond acceptors (Lipinski definition) is 5. The fourth-order valence-corrected chi connectivity index (χ4v) is 3.50. The first-order valence-corrected chi connectivity index (χ1v) is 8.77. The van der Waals surface area contributed by atoms with E-state index in [0.29, 0.717) is 25.0 Å². The summed E-state index contributed by atoms with van der Waals surface area (Å²) in [6.45, 7) is 2.08. The van der Waals surface area contributed by atoms with Crippen molar-refractivity contribution in [3.8, 4) is 5.88 Å². The Bertz CT molecular complexity index is 755. The average molecular weight is 341 g/mol. The van der Waals surface area contributed by atoms with Crippen molar-refractivity contribution in [2.45, 2.75) is 44.4 Å². The standard InChI is InChI=1S/C18H23N5O2/c1-25-18-13(4-3-8-19-18)10-22-11-15-7-9-20-23(15)16(12-22)17(24)21-14-5-2-6-14/h3-4,7-9,14,16H,2,5-6,10-12H2,1H3,(H,21,24). The van der Waals surface area contributed by atoms with E-state index < -0.39 is 0 Å². The Balaban J connectivity index is 1.52. The summed E-state index contributed by atoms with van der Waals surface area (Å²) in [4.78, 5) is 19.3. The van der Waals surface area contributed by atoms with Crippen LogP contribution in [-0.4, -0.2) is 45.3 Å². The fraction of sp³-hybridized carbons (Fsp3) is 0.500. The summed E-state index contributed by atoms with van der Waals surface area (Å²) in [5, 5.41) is 7.54. The second-order valence-corrected chi connectivity index (χ2v) is 6.76. The molecular weight excluding hydrogens is 318 g/mol. The third kappa shape index (κ3) is 3.24. The van der Waals surface area contributed by atoms with Crippen molar-refractivity contribution in [2.24, 2.45) is 0 Å². The van der Waals surface area contributed by atoms with Gasteiger partial charge in [-0.25, -0.2) is 4.98 Å². The zero-order chi connectivity index (χ0) is 17.2. The van der Waals surface area contributed by atoms with Crippen molar-refractivity contribution in [1.82, 2.24) is 25.0 Å². The van der Waals surface area contributed by atoms with Crippen molar-refractivity contribution >= 4 is 5.91 Å². The Morgan fingerprint density at radius 1 is 1.36 bits per heavy atom. The monoisotopic (exact) mass is 341 g/mol. The minimum Gasteiger partial charge on any atom is -0.481 e. The summed E-state index contributed by atoms with van der Waals surface area (Å²) in [6.07, 6.45) is 6.87. The molecular formula is C18H23N5O2. The smallest absolute Gasteiger partial charge is 0.246 e. The van der Waals surface area contributed by atoms with Gasteiger partial charge in [0.05, 0.1) is 12.8 Å². The first-order valence-electron chi connectivity index (χ1n) is 8.77. The van der Waals surface area contributed by atoms with Crippen LogP contribution in [0, 0.1) is 0 Å². The molecule has 1 N–H and O–H groups in total. The largest absolute Gasteiger partial charge is 0.481 e. The van der Waals surface area contributed by atoms with Crippen LogP contribution >= 0.6 is 0 Å². The predicted molar refractivity (Wildman–Crippen MR) is 91.9 cm³/mol. The van der Waals surface area contributed by atoms with Gasteiger partial charge in [-0.2, -0.15) is 5.10 Å². The zero-order valence-corrected chi connectivity index (χ0v) is 14.4. The van der Waals surface area contributed by atoms with Gasteiger partial charge in [-0.1, -0.05) is 6.07 Å². The summed E-state index contributed by atoms with van der Waals surface area (Å²) in [7, 11) is 1.63. The third-order valence-corrected chi connectivity index (χ3v) is 5.06. The molecule has 3 heterocycles. The van der Waals surface area contributed by atoms with E-state index in [-0.39, 0.29) is 11.9 Å². The number of amides is 1. The molecule has 7 heteroatoms. The lowest BCUT2D eigenvalue weighted by atomic mass is 9.93. The van der Waals surface area contributed by atoms with Crippen LogP contribution < -0.4 is 10.1 Å². The van der Waals surface area contributed by atoms with E-state index in [2.05, 4.69) is 20.3 Å². The lowest BCUT2D eigenvalue weighted by molar-refractivity contribution is -0.127. The Labute approximate surface area is 147 Å². The van der Waals surface area contributed by atoms with E-state index >= 15 is 0 Å². The van der Waals surface area contributed by atoms with Crippen LogP contribution in [0.25, 0.3) is 0 Å². The molecule has 132 valence electrons. The highest BCUT2D eigenvalue weighted by Crippen LogP contribution is 2.26. The minimum atomic E-state index is -0.290. The molecule has 2 aromatic heterocycles. The summed E-state index contributed by atoms with van der Waals surface area (Å²) < 4.78 is 7.22. The number of aromatic nitrogens is 3. The van der Waals surface area contributed by atoms with Crippen LogP contribution in [-0.2, 0) is 17.9 Å². The molecule has 2 aromatic rings. The van der Waals surface area contributed by atoms with Gasteiger partial charge in [0.2, 0.25) is 11.8 Å². The Morgan fingerprint density at radius 3 is 3.00 bits per heavy atom. The van der Waals surface area contributed by atoms with Crippen LogP contribution in [0.15, 0.2) is 30.6 Å². The molecule has 0 aromatic carbocycles. The number of pyridine rings is 1. The molecule has 0 saturated heterocycles. The van der Waals surface area contributed by atoms with Crippen LogP contribution in [0.4, 0.5) is 0 Å². The molecule has 1 fully saturated rings. The van der Waals surface area contributed by atoms with Gasteiger partial charge in [-0.15, -0.1) is 0 Å². The van der Waals surface area contributed by atoms with Crippen molar-refractivity contribution in [1.29, 1.82) is 0 Å². The lowest BCUT2D eigenvalue weighted by Crippen LogP contribution is -2.48. The minimum absolute atomic E-state index is 0.0671. The van der Waals surface area contributed by atoms with Gasteiger partial charge in [0.1, 0.15) is 6.04 Å². The number of carbonyl (C=O) groups is 1. The summed E-state index contributed by atoms with van der Waals surface area (Å²) in [5.74, 6) is 0.703. The van der Waals surface area contributed by atoms with Crippen molar-refractivity contribution in [3.63, 3.8) is 0 Å². The number of methoxy groups -OCH3 is 1. The van der Waals surface area contributed by atoms with Gasteiger partial charge in [-0.3, -0.25) is 14.4 Å². The van der Waals surface area contributed by atoms with Crippen LogP contribution in [0.3, 0.4) is 0 Å². The lowest BCUT2D eigenvalue weighted by Gasteiger charge is -2.35. The highest BCUT2D eigenvalue weighted by atomic mass is 16.5. The summed E-state index contributed by atoms with van der Waals surface area (Å²) in [5.41, 5.74) is 2.08. The van der Waals surface area contributed by atoms with Crippen molar-refractivity contribution in [3.05, 3.63) is 41.9 Å². The van der Waals surface area contributed by atoms with Gasteiger partial charge >= 0.3 is 0 Å². The second kappa shape index (κ2) is 6.84. The maximum absolute atomic E-state index is 12.7. The molecule has 1 atom stereocenters. The number of nitrogens with one attached hydrogen (secondary N) is 1. The molecule has 1 unspecified atom stereocenters. The number of fused-ring (bicyclic) bond motifs is 1. The quantitative estimate of drug-likeness (QED) is 0.892. The van der Waals surface area contributed by atoms with E-state index in [4.69, 9.17) is 4.74 Å².